The molecule has 24 heavy (non-hydrogen) atoms. The zero-order valence-electron chi connectivity index (χ0n) is 14.8. The molecule has 1 heterocycles. The van der Waals surface area contributed by atoms with Crippen molar-refractivity contribution in [2.75, 3.05) is 6.61 Å². The van der Waals surface area contributed by atoms with Gasteiger partial charge in [0, 0.05) is 18.3 Å². The highest BCUT2D eigenvalue weighted by Gasteiger charge is 2.09. The molecule has 0 atom stereocenters. The number of amides is 1. The third-order valence-corrected chi connectivity index (χ3v) is 3.92. The van der Waals surface area contributed by atoms with Gasteiger partial charge >= 0.3 is 0 Å². The van der Waals surface area contributed by atoms with Crippen LogP contribution in [0.25, 0.3) is 0 Å². The summed E-state index contributed by atoms with van der Waals surface area (Å²) in [7, 11) is 0. The molecule has 0 saturated heterocycles. The molecule has 1 N–H and O–H groups in total. The third kappa shape index (κ3) is 5.37. The zero-order chi connectivity index (χ0) is 17.4. The Bertz CT molecular complexity index is 683. The molecule has 128 valence electrons. The molecule has 2 aromatic rings. The van der Waals surface area contributed by atoms with Gasteiger partial charge in [-0.3, -0.25) is 4.79 Å². The third-order valence-electron chi connectivity index (χ3n) is 3.92. The summed E-state index contributed by atoms with van der Waals surface area (Å²) in [5, 5.41) is 2.97. The van der Waals surface area contributed by atoms with Crippen molar-refractivity contribution in [1.82, 2.24) is 10.3 Å². The lowest BCUT2D eigenvalue weighted by Crippen LogP contribution is -2.25. The number of nitrogens with zero attached hydrogens (tertiary/aromatic N) is 1. The minimum atomic E-state index is 0.00654. The summed E-state index contributed by atoms with van der Waals surface area (Å²) in [4.78, 5) is 16.5. The van der Waals surface area contributed by atoms with Crippen molar-refractivity contribution < 1.29 is 9.53 Å². The molecule has 1 amide bonds. The number of carbonyl (C=O) groups excluding carboxylic acids is 1. The van der Waals surface area contributed by atoms with E-state index >= 15 is 0 Å². The number of ether oxygens (including phenoxy) is 1. The minimum absolute atomic E-state index is 0.00654. The zero-order valence-corrected chi connectivity index (χ0v) is 14.8. The van der Waals surface area contributed by atoms with Gasteiger partial charge in [-0.05, 0) is 37.5 Å². The van der Waals surface area contributed by atoms with Crippen molar-refractivity contribution in [3.63, 3.8) is 0 Å². The van der Waals surface area contributed by atoms with Crippen LogP contribution in [0.1, 0.15) is 42.0 Å². The summed E-state index contributed by atoms with van der Waals surface area (Å²) in [6.07, 6.45) is 4.17. The number of hydrogen-bond acceptors (Lipinski definition) is 3. The van der Waals surface area contributed by atoms with Gasteiger partial charge in [0.05, 0.1) is 13.0 Å². The van der Waals surface area contributed by atoms with Crippen molar-refractivity contribution >= 4 is 5.91 Å². The number of hydrogen-bond donors (Lipinski definition) is 1. The predicted octanol–water partition coefficient (Wildman–Crippen LogP) is 3.74. The molecule has 4 nitrogen and oxygen atoms in total. The minimum Gasteiger partial charge on any atom is -0.477 e. The average molecular weight is 326 g/mol. The van der Waals surface area contributed by atoms with Gasteiger partial charge in [-0.15, -0.1) is 0 Å². The molecule has 2 rings (SSSR count). The summed E-state index contributed by atoms with van der Waals surface area (Å²) in [5.74, 6) is 0.616. The van der Waals surface area contributed by atoms with E-state index in [1.54, 1.807) is 6.20 Å². The molecule has 0 unspecified atom stereocenters. The van der Waals surface area contributed by atoms with E-state index in [0.29, 0.717) is 25.5 Å². The van der Waals surface area contributed by atoms with Crippen LogP contribution in [0, 0.1) is 13.8 Å². The second-order valence-electron chi connectivity index (χ2n) is 6.05. The van der Waals surface area contributed by atoms with Gasteiger partial charge in [0.1, 0.15) is 0 Å². The van der Waals surface area contributed by atoms with Crippen LogP contribution in [0.4, 0.5) is 0 Å². The molecule has 0 aliphatic rings. The number of nitrogens with one attached hydrogen (secondary N) is 1. The van der Waals surface area contributed by atoms with Crippen molar-refractivity contribution in [2.24, 2.45) is 0 Å². The highest BCUT2D eigenvalue weighted by molar-refractivity contribution is 5.79. The van der Waals surface area contributed by atoms with Gasteiger partial charge in [-0.1, -0.05) is 43.2 Å². The smallest absolute Gasteiger partial charge is 0.224 e. The maximum atomic E-state index is 12.2. The molecule has 0 fully saturated rings. The number of unbranched alkanes of at least 4 members (excludes halogenated alkanes) is 1. The molecule has 4 heteroatoms. The van der Waals surface area contributed by atoms with Gasteiger partial charge < -0.3 is 10.1 Å². The van der Waals surface area contributed by atoms with E-state index < -0.39 is 0 Å². The quantitative estimate of drug-likeness (QED) is 0.752. The van der Waals surface area contributed by atoms with Gasteiger partial charge in [0.2, 0.25) is 11.8 Å². The van der Waals surface area contributed by atoms with Gasteiger partial charge in [-0.2, -0.15) is 0 Å². The normalized spacial score (nSPS) is 10.5. The largest absolute Gasteiger partial charge is 0.477 e. The second kappa shape index (κ2) is 9.06. The lowest BCUT2D eigenvalue weighted by atomic mass is 10.0. The Morgan fingerprint density at radius 1 is 1.21 bits per heavy atom. The number of rotatable bonds is 8. The summed E-state index contributed by atoms with van der Waals surface area (Å²) in [6.45, 7) is 7.27. The number of pyridine rings is 1. The molecular weight excluding hydrogens is 300 g/mol. The maximum Gasteiger partial charge on any atom is 0.224 e. The van der Waals surface area contributed by atoms with Crippen LogP contribution in [0.2, 0.25) is 0 Å². The van der Waals surface area contributed by atoms with Crippen LogP contribution in [-0.4, -0.2) is 17.5 Å². The Kier molecular flexibility index (Phi) is 6.79. The molecule has 1 aromatic carbocycles. The highest BCUT2D eigenvalue weighted by Crippen LogP contribution is 2.15. The maximum absolute atomic E-state index is 12.2. The second-order valence-corrected chi connectivity index (χ2v) is 6.05. The standard InChI is InChI=1S/C20H26N2O2/c1-4-5-11-24-20-17(7-6-10-21-20)14-22-19(23)13-18-12-15(2)8-9-16(18)3/h6-10,12H,4-5,11,13-14H2,1-3H3,(H,22,23). The van der Waals surface area contributed by atoms with E-state index in [4.69, 9.17) is 4.74 Å². The van der Waals surface area contributed by atoms with E-state index in [9.17, 15) is 4.79 Å². The van der Waals surface area contributed by atoms with E-state index in [1.165, 1.54) is 5.56 Å². The molecule has 1 aromatic heterocycles. The number of aromatic nitrogens is 1. The molecule has 0 aliphatic heterocycles. The van der Waals surface area contributed by atoms with Crippen LogP contribution in [0.3, 0.4) is 0 Å². The molecule has 0 aliphatic carbocycles. The Balaban J connectivity index is 1.93. The fourth-order valence-corrected chi connectivity index (χ4v) is 2.42. The first-order valence-corrected chi connectivity index (χ1v) is 8.49. The van der Waals surface area contributed by atoms with E-state index in [2.05, 4.69) is 35.4 Å². The topological polar surface area (TPSA) is 51.2 Å². The predicted molar refractivity (Wildman–Crippen MR) is 96.1 cm³/mol. The Morgan fingerprint density at radius 2 is 2.04 bits per heavy atom. The van der Waals surface area contributed by atoms with Crippen molar-refractivity contribution in [1.29, 1.82) is 0 Å². The fraction of sp³-hybridized carbons (Fsp3) is 0.400. The summed E-state index contributed by atoms with van der Waals surface area (Å²) >= 11 is 0. The van der Waals surface area contributed by atoms with E-state index in [1.807, 2.05) is 26.0 Å². The monoisotopic (exact) mass is 326 g/mol. The Labute approximate surface area is 144 Å². The molecule has 0 radical (unpaired) electrons. The number of aryl methyl sites for hydroxylation is 2. The molecule has 0 saturated carbocycles. The van der Waals surface area contributed by atoms with E-state index in [0.717, 1.165) is 29.5 Å². The van der Waals surface area contributed by atoms with Gasteiger partial charge in [0.25, 0.3) is 0 Å². The highest BCUT2D eigenvalue weighted by atomic mass is 16.5. The first-order valence-electron chi connectivity index (χ1n) is 8.49. The average Bonchev–Trinajstić information content (AvgIpc) is 2.57. The number of carbonyl (C=O) groups is 1. The molecule has 0 spiro atoms. The summed E-state index contributed by atoms with van der Waals surface area (Å²) < 4.78 is 5.70. The lowest BCUT2D eigenvalue weighted by molar-refractivity contribution is -0.120. The van der Waals surface area contributed by atoms with Crippen LogP contribution < -0.4 is 10.1 Å². The molecule has 0 bridgehead atoms. The SMILES string of the molecule is CCCCOc1ncccc1CNC(=O)Cc1cc(C)ccc1C. The fourth-order valence-electron chi connectivity index (χ4n) is 2.42. The summed E-state index contributed by atoms with van der Waals surface area (Å²) in [5.41, 5.74) is 4.28. The van der Waals surface area contributed by atoms with E-state index in [-0.39, 0.29) is 5.91 Å². The van der Waals surface area contributed by atoms with Crippen LogP contribution in [-0.2, 0) is 17.8 Å². The van der Waals surface area contributed by atoms with Crippen molar-refractivity contribution in [2.45, 2.75) is 46.6 Å². The first-order chi connectivity index (χ1) is 11.6. The Morgan fingerprint density at radius 3 is 2.83 bits per heavy atom. The Hall–Kier alpha value is -2.36. The summed E-state index contributed by atoms with van der Waals surface area (Å²) in [6, 6.07) is 9.98. The van der Waals surface area contributed by atoms with Crippen molar-refractivity contribution in [3.05, 3.63) is 58.8 Å². The lowest BCUT2D eigenvalue weighted by Gasteiger charge is -2.11. The van der Waals surface area contributed by atoms with Gasteiger partial charge in [0.15, 0.2) is 0 Å². The first kappa shape index (κ1) is 18.0. The van der Waals surface area contributed by atoms with Crippen LogP contribution in [0.15, 0.2) is 36.5 Å². The molecular formula is C20H26N2O2. The van der Waals surface area contributed by atoms with Crippen molar-refractivity contribution in [3.8, 4) is 5.88 Å². The van der Waals surface area contributed by atoms with Crippen LogP contribution >= 0.6 is 0 Å². The number of benzene rings is 1. The van der Waals surface area contributed by atoms with Gasteiger partial charge in [-0.25, -0.2) is 4.98 Å². The van der Waals surface area contributed by atoms with Crippen LogP contribution in [0.5, 0.6) is 5.88 Å².